The number of nitrogens with one attached hydrogen (secondary N) is 1. The molecule has 1 aromatic heterocycles. The number of sulfone groups is 1. The van der Waals surface area contributed by atoms with Gasteiger partial charge in [0, 0.05) is 25.9 Å². The first-order valence-corrected chi connectivity index (χ1v) is 10.6. The van der Waals surface area contributed by atoms with Crippen molar-refractivity contribution in [3.05, 3.63) is 47.1 Å². The minimum atomic E-state index is -3.37. The molecule has 0 bridgehead atoms. The Morgan fingerprint density at radius 1 is 1.16 bits per heavy atom. The van der Waals surface area contributed by atoms with E-state index in [0.717, 1.165) is 15.5 Å². The summed E-state index contributed by atoms with van der Waals surface area (Å²) in [6.07, 6.45) is 0. The molecule has 3 aromatic rings. The third-order valence-electron chi connectivity index (χ3n) is 3.98. The number of aryl methyl sites for hydroxylation is 1. The molecule has 0 atom stereocenters. The van der Waals surface area contributed by atoms with E-state index in [4.69, 9.17) is 16.3 Å². The van der Waals surface area contributed by atoms with E-state index < -0.39 is 9.84 Å². The van der Waals surface area contributed by atoms with Crippen molar-refractivity contribution >= 4 is 44.1 Å². The van der Waals surface area contributed by atoms with Crippen molar-refractivity contribution in [1.82, 2.24) is 4.98 Å². The molecule has 0 radical (unpaired) electrons. The summed E-state index contributed by atoms with van der Waals surface area (Å²) in [5.41, 5.74) is 1.60. The van der Waals surface area contributed by atoms with E-state index in [-0.39, 0.29) is 5.75 Å². The summed E-state index contributed by atoms with van der Waals surface area (Å²) < 4.78 is 30.6. The van der Waals surface area contributed by atoms with Gasteiger partial charge in [-0.05, 0) is 43.3 Å². The summed E-state index contributed by atoms with van der Waals surface area (Å²) in [7, 11) is -1.79. The summed E-state index contributed by atoms with van der Waals surface area (Å²) in [6, 6.07) is 10.8. The number of benzene rings is 2. The number of hydrogen-bond acceptors (Lipinski definition) is 4. The van der Waals surface area contributed by atoms with Gasteiger partial charge in [-0.15, -0.1) is 0 Å². The number of H-pyrrole nitrogens is 1. The second kappa shape index (κ2) is 6.94. The molecule has 2 aromatic carbocycles. The fourth-order valence-electron chi connectivity index (χ4n) is 2.68. The summed E-state index contributed by atoms with van der Waals surface area (Å²) in [5, 5.41) is 1.34. The summed E-state index contributed by atoms with van der Waals surface area (Å²) >= 11 is 7.46. The van der Waals surface area contributed by atoms with Crippen LogP contribution in [0.2, 0.25) is 5.02 Å². The molecule has 0 aliphatic heterocycles. The van der Waals surface area contributed by atoms with Gasteiger partial charge in [-0.1, -0.05) is 30.3 Å². The lowest BCUT2D eigenvalue weighted by atomic mass is 10.2. The molecule has 4 nitrogen and oxygen atoms in total. The third-order valence-corrected chi connectivity index (χ3v) is 7.22. The molecule has 0 spiro atoms. The predicted octanol–water partition coefficient (Wildman–Crippen LogP) is 5.08. The summed E-state index contributed by atoms with van der Waals surface area (Å²) in [5.74, 6) is 0.667. The molecule has 7 heteroatoms. The van der Waals surface area contributed by atoms with Crippen LogP contribution in [0.25, 0.3) is 10.9 Å². The maximum Gasteiger partial charge on any atom is 0.178 e. The van der Waals surface area contributed by atoms with Crippen molar-refractivity contribution in [3.63, 3.8) is 0 Å². The van der Waals surface area contributed by atoms with Crippen LogP contribution in [0, 0.1) is 6.92 Å². The molecule has 3 rings (SSSR count). The van der Waals surface area contributed by atoms with E-state index >= 15 is 0 Å². The van der Waals surface area contributed by atoms with Gasteiger partial charge >= 0.3 is 0 Å². The zero-order valence-corrected chi connectivity index (χ0v) is 16.5. The zero-order chi connectivity index (χ0) is 18.2. The SMILES string of the molecule is CCS(=O)(=O)c1ccc(OC)c2[nH]c(C)c(Sc3ccc(Cl)cc3)c12. The number of fused-ring (bicyclic) bond motifs is 1. The lowest BCUT2D eigenvalue weighted by molar-refractivity contribution is 0.418. The maximum absolute atomic E-state index is 12.6. The van der Waals surface area contributed by atoms with Gasteiger partial charge in [0.05, 0.1) is 23.3 Å². The largest absolute Gasteiger partial charge is 0.495 e. The smallest absolute Gasteiger partial charge is 0.178 e. The number of halogens is 1. The highest BCUT2D eigenvalue weighted by Gasteiger charge is 2.23. The average molecular weight is 396 g/mol. The van der Waals surface area contributed by atoms with Gasteiger partial charge in [0.2, 0.25) is 0 Å². The van der Waals surface area contributed by atoms with Crippen LogP contribution in [0.4, 0.5) is 0 Å². The van der Waals surface area contributed by atoms with Crippen LogP contribution in [0.3, 0.4) is 0 Å². The number of aromatic nitrogens is 1. The molecule has 25 heavy (non-hydrogen) atoms. The molecule has 0 aliphatic carbocycles. The maximum atomic E-state index is 12.6. The van der Waals surface area contributed by atoms with E-state index in [1.165, 1.54) is 11.8 Å². The van der Waals surface area contributed by atoms with Gasteiger partial charge in [0.15, 0.2) is 9.84 Å². The van der Waals surface area contributed by atoms with Crippen molar-refractivity contribution in [2.45, 2.75) is 28.5 Å². The number of aromatic amines is 1. The van der Waals surface area contributed by atoms with Gasteiger partial charge in [-0.25, -0.2) is 8.42 Å². The van der Waals surface area contributed by atoms with Gasteiger partial charge in [-0.3, -0.25) is 0 Å². The standard InChI is InChI=1S/C18H18ClNO3S2/c1-4-25(21,22)15-10-9-14(23-3)17-16(15)18(11(2)20-17)24-13-7-5-12(19)6-8-13/h5-10,20H,4H2,1-3H3. The Morgan fingerprint density at radius 3 is 2.44 bits per heavy atom. The molecular formula is C18H18ClNO3S2. The first-order chi connectivity index (χ1) is 11.9. The van der Waals surface area contributed by atoms with Crippen molar-refractivity contribution < 1.29 is 13.2 Å². The number of rotatable bonds is 5. The quantitative estimate of drug-likeness (QED) is 0.654. The average Bonchev–Trinajstić information content (AvgIpc) is 2.92. The Labute approximate surface area is 156 Å². The highest BCUT2D eigenvalue weighted by Crippen LogP contribution is 2.42. The van der Waals surface area contributed by atoms with Crippen LogP contribution in [-0.2, 0) is 9.84 Å². The van der Waals surface area contributed by atoms with Crippen LogP contribution < -0.4 is 4.74 Å². The lowest BCUT2D eigenvalue weighted by Gasteiger charge is -2.09. The molecule has 0 fully saturated rings. The van der Waals surface area contributed by atoms with Crippen molar-refractivity contribution in [1.29, 1.82) is 0 Å². The minimum absolute atomic E-state index is 0.0453. The first kappa shape index (κ1) is 18.2. The van der Waals surface area contributed by atoms with E-state index in [1.54, 1.807) is 26.2 Å². The summed E-state index contributed by atoms with van der Waals surface area (Å²) in [6.45, 7) is 3.58. The monoisotopic (exact) mass is 395 g/mol. The number of hydrogen-bond donors (Lipinski definition) is 1. The molecule has 0 amide bonds. The van der Waals surface area contributed by atoms with Crippen LogP contribution >= 0.6 is 23.4 Å². The molecule has 0 saturated carbocycles. The Kier molecular flexibility index (Phi) is 5.04. The molecule has 0 saturated heterocycles. The van der Waals surface area contributed by atoms with E-state index in [1.807, 2.05) is 31.2 Å². The molecule has 1 heterocycles. The molecule has 0 aliphatic rings. The summed E-state index contributed by atoms with van der Waals surface area (Å²) in [4.78, 5) is 5.46. The number of methoxy groups -OCH3 is 1. The van der Waals surface area contributed by atoms with Crippen molar-refractivity contribution in [2.24, 2.45) is 0 Å². The fourth-order valence-corrected chi connectivity index (χ4v) is 5.00. The molecule has 1 N–H and O–H groups in total. The second-order valence-corrected chi connectivity index (χ2v) is 9.32. The van der Waals surface area contributed by atoms with Gasteiger partial charge in [0.1, 0.15) is 5.75 Å². The van der Waals surface area contributed by atoms with Crippen LogP contribution in [0.15, 0.2) is 51.1 Å². The Bertz CT molecular complexity index is 1020. The third kappa shape index (κ3) is 3.38. The molecule has 0 unspecified atom stereocenters. The topological polar surface area (TPSA) is 59.2 Å². The normalized spacial score (nSPS) is 11.8. The highest BCUT2D eigenvalue weighted by atomic mass is 35.5. The van der Waals surface area contributed by atoms with E-state index in [9.17, 15) is 8.42 Å². The highest BCUT2D eigenvalue weighted by molar-refractivity contribution is 7.99. The van der Waals surface area contributed by atoms with Crippen molar-refractivity contribution in [2.75, 3.05) is 12.9 Å². The van der Waals surface area contributed by atoms with Gasteiger partial charge in [0.25, 0.3) is 0 Å². The second-order valence-electron chi connectivity index (χ2n) is 5.55. The van der Waals surface area contributed by atoms with E-state index in [0.29, 0.717) is 26.6 Å². The van der Waals surface area contributed by atoms with Crippen molar-refractivity contribution in [3.8, 4) is 5.75 Å². The Morgan fingerprint density at radius 2 is 1.84 bits per heavy atom. The van der Waals surface area contributed by atoms with Crippen LogP contribution in [0.1, 0.15) is 12.6 Å². The molecular weight excluding hydrogens is 378 g/mol. The zero-order valence-electron chi connectivity index (χ0n) is 14.1. The van der Waals surface area contributed by atoms with E-state index in [2.05, 4.69) is 4.98 Å². The fraction of sp³-hybridized carbons (Fsp3) is 0.222. The number of ether oxygens (including phenoxy) is 1. The van der Waals surface area contributed by atoms with Gasteiger partial charge in [-0.2, -0.15) is 0 Å². The Balaban J connectivity index is 2.27. The van der Waals surface area contributed by atoms with Crippen LogP contribution in [-0.4, -0.2) is 26.3 Å². The Hall–Kier alpha value is -1.63. The first-order valence-electron chi connectivity index (χ1n) is 7.72. The van der Waals surface area contributed by atoms with Gasteiger partial charge < -0.3 is 9.72 Å². The minimum Gasteiger partial charge on any atom is -0.495 e. The van der Waals surface area contributed by atoms with Crippen LogP contribution in [0.5, 0.6) is 5.75 Å². The molecule has 132 valence electrons. The lowest BCUT2D eigenvalue weighted by Crippen LogP contribution is -2.04. The predicted molar refractivity (Wildman–Crippen MR) is 103 cm³/mol.